The van der Waals surface area contributed by atoms with Gasteiger partial charge in [0.05, 0.1) is 28.2 Å². The normalized spacial score (nSPS) is 16.1. The number of nitriles is 1. The second kappa shape index (κ2) is 9.27. The zero-order valence-corrected chi connectivity index (χ0v) is 19.9. The van der Waals surface area contributed by atoms with Crippen molar-refractivity contribution in [1.29, 1.82) is 5.26 Å². The lowest BCUT2D eigenvalue weighted by molar-refractivity contribution is -0.0133. The van der Waals surface area contributed by atoms with Gasteiger partial charge in [-0.1, -0.05) is 18.2 Å². The smallest absolute Gasteiger partial charge is 0.337 e. The molecule has 0 bridgehead atoms. The maximum Gasteiger partial charge on any atom is 0.337 e. The summed E-state index contributed by atoms with van der Waals surface area (Å²) in [5.74, 6) is -0.408. The molecule has 1 saturated heterocycles. The van der Waals surface area contributed by atoms with Crippen molar-refractivity contribution in [1.82, 2.24) is 9.97 Å². The second-order valence-electron chi connectivity index (χ2n) is 9.09. The zero-order chi connectivity index (χ0) is 24.5. The summed E-state index contributed by atoms with van der Waals surface area (Å²) in [6, 6.07) is 12.8. The Bertz CT molecular complexity index is 1280. The van der Waals surface area contributed by atoms with Crippen molar-refractivity contribution in [3.8, 4) is 6.07 Å². The molecule has 2 heterocycles. The van der Waals surface area contributed by atoms with Crippen LogP contribution in [-0.2, 0) is 4.74 Å². The summed E-state index contributed by atoms with van der Waals surface area (Å²) in [4.78, 5) is 23.4. The van der Waals surface area contributed by atoms with Crippen molar-refractivity contribution in [3.05, 3.63) is 58.8 Å². The minimum Gasteiger partial charge on any atom is -0.478 e. The molecule has 1 aliphatic rings. The zero-order valence-electron chi connectivity index (χ0n) is 19.9. The van der Waals surface area contributed by atoms with Crippen LogP contribution < -0.4 is 10.2 Å². The SMILES string of the molecule is COC1(C)CCN(c2nc3c([C@@H](C)Nc4ccccc4C(=O)O)cc(C)cc3nc2C#N)CC1. The van der Waals surface area contributed by atoms with Crippen molar-refractivity contribution in [2.75, 3.05) is 30.4 Å². The number of ether oxygens (including phenoxy) is 1. The van der Waals surface area contributed by atoms with Crippen molar-refractivity contribution in [2.45, 2.75) is 45.3 Å². The molecule has 176 valence electrons. The van der Waals surface area contributed by atoms with Crippen molar-refractivity contribution >= 4 is 28.5 Å². The Balaban J connectivity index is 1.75. The lowest BCUT2D eigenvalue weighted by Crippen LogP contribution is -2.44. The monoisotopic (exact) mass is 459 g/mol. The van der Waals surface area contributed by atoms with E-state index in [1.165, 1.54) is 0 Å². The Morgan fingerprint density at radius 3 is 2.62 bits per heavy atom. The summed E-state index contributed by atoms with van der Waals surface area (Å²) in [6.45, 7) is 7.49. The third-order valence-corrected chi connectivity index (χ3v) is 6.64. The van der Waals surface area contributed by atoms with E-state index in [0.29, 0.717) is 28.2 Å². The minimum absolute atomic E-state index is 0.175. The van der Waals surface area contributed by atoms with Gasteiger partial charge in [-0.15, -0.1) is 0 Å². The Morgan fingerprint density at radius 2 is 1.97 bits per heavy atom. The van der Waals surface area contributed by atoms with E-state index in [1.807, 2.05) is 26.0 Å². The lowest BCUT2D eigenvalue weighted by Gasteiger charge is -2.39. The van der Waals surface area contributed by atoms with Crippen LogP contribution in [0.15, 0.2) is 36.4 Å². The Hall–Kier alpha value is -3.70. The third-order valence-electron chi connectivity index (χ3n) is 6.64. The number of aromatic nitrogens is 2. The van der Waals surface area contributed by atoms with Crippen LogP contribution in [0, 0.1) is 18.3 Å². The number of aryl methyl sites for hydroxylation is 1. The molecule has 1 atom stereocenters. The molecule has 2 N–H and O–H groups in total. The van der Waals surface area contributed by atoms with E-state index >= 15 is 0 Å². The van der Waals surface area contributed by atoms with Gasteiger partial charge < -0.3 is 20.1 Å². The third kappa shape index (κ3) is 4.52. The first kappa shape index (κ1) is 23.5. The molecule has 3 aromatic rings. The maximum absolute atomic E-state index is 11.7. The van der Waals surface area contributed by atoms with Crippen LogP contribution in [0.5, 0.6) is 0 Å². The van der Waals surface area contributed by atoms with Crippen LogP contribution in [0.3, 0.4) is 0 Å². The Labute approximate surface area is 199 Å². The fourth-order valence-corrected chi connectivity index (χ4v) is 4.45. The average Bonchev–Trinajstić information content (AvgIpc) is 2.83. The minimum atomic E-state index is -0.988. The second-order valence-corrected chi connectivity index (χ2v) is 9.09. The molecule has 1 fully saturated rings. The standard InChI is InChI=1S/C26H29N5O3/c1-16-13-19(17(2)28-20-8-6-5-7-18(20)25(32)33)23-21(14-16)29-22(15-27)24(30-23)31-11-9-26(3,34-4)10-12-31/h5-8,13-14,17,28H,9-12H2,1-4H3,(H,32,33)/t17-/m1/s1. The van der Waals surface area contributed by atoms with Crippen LogP contribution >= 0.6 is 0 Å². The van der Waals surface area contributed by atoms with Gasteiger partial charge in [0.15, 0.2) is 11.5 Å². The summed E-state index contributed by atoms with van der Waals surface area (Å²) in [6.07, 6.45) is 1.66. The number of anilines is 2. The molecule has 1 aromatic heterocycles. The number of nitrogens with one attached hydrogen (secondary N) is 1. The topological polar surface area (TPSA) is 111 Å². The van der Waals surface area contributed by atoms with Gasteiger partial charge in [-0.25, -0.2) is 14.8 Å². The first-order valence-electron chi connectivity index (χ1n) is 11.4. The summed E-state index contributed by atoms with van der Waals surface area (Å²) in [5, 5.41) is 22.7. The van der Waals surface area contributed by atoms with Crippen LogP contribution in [0.4, 0.5) is 11.5 Å². The Morgan fingerprint density at radius 1 is 1.26 bits per heavy atom. The van der Waals surface area contributed by atoms with Gasteiger partial charge in [0, 0.05) is 31.5 Å². The fraction of sp³-hybridized carbons (Fsp3) is 0.385. The number of para-hydroxylation sites is 1. The summed E-state index contributed by atoms with van der Waals surface area (Å²) in [7, 11) is 1.73. The van der Waals surface area contributed by atoms with Crippen LogP contribution in [0.25, 0.3) is 11.0 Å². The highest BCUT2D eigenvalue weighted by atomic mass is 16.5. The first-order valence-corrected chi connectivity index (χ1v) is 11.4. The molecule has 2 aromatic carbocycles. The maximum atomic E-state index is 11.7. The molecular weight excluding hydrogens is 430 g/mol. The van der Waals surface area contributed by atoms with E-state index in [1.54, 1.807) is 31.4 Å². The number of carboxylic acid groups (broad SMARTS) is 1. The number of methoxy groups -OCH3 is 1. The van der Waals surface area contributed by atoms with E-state index < -0.39 is 5.97 Å². The molecule has 0 amide bonds. The summed E-state index contributed by atoms with van der Waals surface area (Å²) >= 11 is 0. The summed E-state index contributed by atoms with van der Waals surface area (Å²) in [5.41, 5.74) is 4.11. The lowest BCUT2D eigenvalue weighted by atomic mass is 9.93. The van der Waals surface area contributed by atoms with Gasteiger partial charge in [-0.3, -0.25) is 0 Å². The molecule has 0 unspecified atom stereocenters. The first-order chi connectivity index (χ1) is 16.2. The van der Waals surface area contributed by atoms with Crippen molar-refractivity contribution in [2.24, 2.45) is 0 Å². The van der Waals surface area contributed by atoms with Gasteiger partial charge in [0.25, 0.3) is 0 Å². The average molecular weight is 460 g/mol. The Kier molecular flexibility index (Phi) is 6.40. The van der Waals surface area contributed by atoms with Gasteiger partial charge in [-0.05, 0) is 57.4 Å². The van der Waals surface area contributed by atoms with Crippen molar-refractivity contribution in [3.63, 3.8) is 0 Å². The van der Waals surface area contributed by atoms with Gasteiger partial charge in [-0.2, -0.15) is 5.26 Å². The molecule has 0 spiro atoms. The number of fused-ring (bicyclic) bond motifs is 1. The van der Waals surface area contributed by atoms with E-state index in [9.17, 15) is 15.2 Å². The van der Waals surface area contributed by atoms with Gasteiger partial charge >= 0.3 is 5.97 Å². The molecule has 8 nitrogen and oxygen atoms in total. The summed E-state index contributed by atoms with van der Waals surface area (Å²) < 4.78 is 5.66. The highest BCUT2D eigenvalue weighted by molar-refractivity contribution is 5.94. The van der Waals surface area contributed by atoms with Crippen LogP contribution in [0.1, 0.15) is 59.9 Å². The molecule has 0 radical (unpaired) electrons. The number of aromatic carboxylic acids is 1. The van der Waals surface area contributed by atoms with Gasteiger partial charge in [0.1, 0.15) is 6.07 Å². The number of nitrogens with zero attached hydrogens (tertiary/aromatic N) is 4. The molecule has 34 heavy (non-hydrogen) atoms. The number of carbonyl (C=O) groups is 1. The predicted molar refractivity (Wildman–Crippen MR) is 131 cm³/mol. The molecular formula is C26H29N5O3. The highest BCUT2D eigenvalue weighted by Crippen LogP contribution is 2.33. The largest absolute Gasteiger partial charge is 0.478 e. The molecule has 8 heteroatoms. The number of hydrogen-bond acceptors (Lipinski definition) is 7. The van der Waals surface area contributed by atoms with E-state index in [4.69, 9.17) is 9.72 Å². The predicted octanol–water partition coefficient (Wildman–Crippen LogP) is 4.69. The molecule has 0 saturated carbocycles. The fourth-order valence-electron chi connectivity index (χ4n) is 4.45. The number of rotatable bonds is 6. The van der Waals surface area contributed by atoms with E-state index in [0.717, 1.165) is 37.1 Å². The molecule has 4 rings (SSSR count). The van der Waals surface area contributed by atoms with E-state index in [-0.39, 0.29) is 17.2 Å². The quantitative estimate of drug-likeness (QED) is 0.546. The van der Waals surface area contributed by atoms with Gasteiger partial charge in [0.2, 0.25) is 0 Å². The number of benzene rings is 2. The molecule has 1 aliphatic heterocycles. The highest BCUT2D eigenvalue weighted by Gasteiger charge is 2.31. The number of hydrogen-bond donors (Lipinski definition) is 2. The van der Waals surface area contributed by atoms with Crippen molar-refractivity contribution < 1.29 is 14.6 Å². The van der Waals surface area contributed by atoms with Crippen LogP contribution in [-0.4, -0.2) is 46.8 Å². The van der Waals surface area contributed by atoms with E-state index in [2.05, 4.69) is 28.2 Å². The number of carboxylic acids is 1. The molecule has 0 aliphatic carbocycles. The number of piperidine rings is 1. The van der Waals surface area contributed by atoms with Crippen LogP contribution in [0.2, 0.25) is 0 Å².